The number of para-hydroxylation sites is 1. The molecule has 0 bridgehead atoms. The lowest BCUT2D eigenvalue weighted by atomic mass is 10.1. The number of hydrogen-bond acceptors (Lipinski definition) is 6. The van der Waals surface area contributed by atoms with E-state index in [1.54, 1.807) is 12.4 Å². The fraction of sp³-hybridized carbons (Fsp3) is 0.200. The first kappa shape index (κ1) is 19.8. The Balaban J connectivity index is 1.39. The minimum Gasteiger partial charge on any atom is -0.485 e. The lowest BCUT2D eigenvalue weighted by molar-refractivity contribution is 0.0743. The topological polar surface area (TPSA) is 77.2 Å². The number of fused-ring (bicyclic) bond motifs is 2. The summed E-state index contributed by atoms with van der Waals surface area (Å²) in [6, 6.07) is 13.7. The van der Waals surface area contributed by atoms with Gasteiger partial charge < -0.3 is 10.1 Å². The number of piperidine rings is 1. The van der Waals surface area contributed by atoms with Gasteiger partial charge in [-0.2, -0.15) is 0 Å². The molecule has 1 N–H and O–H groups in total. The molecule has 0 radical (unpaired) electrons. The van der Waals surface area contributed by atoms with Crippen LogP contribution in [-0.4, -0.2) is 49.7 Å². The van der Waals surface area contributed by atoms with E-state index in [0.29, 0.717) is 24.2 Å². The second-order valence-corrected chi connectivity index (χ2v) is 8.10. The summed E-state index contributed by atoms with van der Waals surface area (Å²) in [5.74, 6) is 0.601. The van der Waals surface area contributed by atoms with E-state index in [4.69, 9.17) is 9.72 Å². The van der Waals surface area contributed by atoms with E-state index in [1.807, 2.05) is 59.3 Å². The number of nitrogens with zero attached hydrogens (tertiary/aromatic N) is 5. The molecule has 164 valence electrons. The van der Waals surface area contributed by atoms with Gasteiger partial charge in [-0.15, -0.1) is 0 Å². The van der Waals surface area contributed by atoms with Gasteiger partial charge in [0.2, 0.25) is 0 Å². The number of aromatic nitrogens is 5. The van der Waals surface area contributed by atoms with Crippen molar-refractivity contribution in [2.75, 3.05) is 13.1 Å². The highest BCUT2D eigenvalue weighted by Crippen LogP contribution is 2.30. The second-order valence-electron chi connectivity index (χ2n) is 8.10. The van der Waals surface area contributed by atoms with Gasteiger partial charge in [-0.05, 0) is 42.8 Å². The Bertz CT molecular complexity index is 1440. The number of benzene rings is 1. The highest BCUT2D eigenvalue weighted by Gasteiger charge is 2.27. The average molecular weight is 440 g/mol. The lowest BCUT2D eigenvalue weighted by Gasteiger charge is -2.27. The van der Waals surface area contributed by atoms with E-state index in [0.717, 1.165) is 40.1 Å². The molecule has 7 nitrogen and oxygen atoms in total. The van der Waals surface area contributed by atoms with E-state index in [9.17, 15) is 4.39 Å². The summed E-state index contributed by atoms with van der Waals surface area (Å²) in [5, 5.41) is 4.00. The average Bonchev–Trinajstić information content (AvgIpc) is 3.29. The second kappa shape index (κ2) is 8.22. The zero-order valence-corrected chi connectivity index (χ0v) is 17.7. The number of alkyl halides is 1. The fourth-order valence-corrected chi connectivity index (χ4v) is 4.25. The Morgan fingerprint density at radius 1 is 1.03 bits per heavy atom. The van der Waals surface area contributed by atoms with Crippen LogP contribution in [0.4, 0.5) is 4.39 Å². The summed E-state index contributed by atoms with van der Waals surface area (Å²) >= 11 is 0. The first-order chi connectivity index (χ1) is 16.3. The maximum Gasteiger partial charge on any atom is 0.149 e. The first-order valence-corrected chi connectivity index (χ1v) is 10.9. The Morgan fingerprint density at radius 2 is 1.94 bits per heavy atom. The molecular weight excluding hydrogens is 419 g/mol. The zero-order chi connectivity index (χ0) is 22.2. The molecule has 0 unspecified atom stereocenters. The van der Waals surface area contributed by atoms with Crippen LogP contribution in [0, 0.1) is 0 Å². The van der Waals surface area contributed by atoms with Crippen LogP contribution in [0.1, 0.15) is 6.42 Å². The lowest BCUT2D eigenvalue weighted by Crippen LogP contribution is -2.44. The van der Waals surface area contributed by atoms with Crippen LogP contribution >= 0.6 is 0 Å². The van der Waals surface area contributed by atoms with Crippen LogP contribution in [0.5, 0.6) is 5.75 Å². The van der Waals surface area contributed by atoms with E-state index in [1.165, 1.54) is 6.33 Å². The van der Waals surface area contributed by atoms with E-state index >= 15 is 0 Å². The van der Waals surface area contributed by atoms with Crippen molar-refractivity contribution in [1.82, 2.24) is 29.7 Å². The third-order valence-corrected chi connectivity index (χ3v) is 5.98. The number of rotatable bonds is 4. The maximum atomic E-state index is 14.3. The molecule has 1 aliphatic heterocycles. The third kappa shape index (κ3) is 3.68. The van der Waals surface area contributed by atoms with Gasteiger partial charge in [0.05, 0.1) is 17.6 Å². The molecule has 4 aromatic heterocycles. The fourth-order valence-electron chi connectivity index (χ4n) is 4.25. The maximum absolute atomic E-state index is 14.3. The summed E-state index contributed by atoms with van der Waals surface area (Å²) in [6.45, 7) is 1.06. The van der Waals surface area contributed by atoms with Crippen LogP contribution in [0.15, 0.2) is 73.6 Å². The van der Waals surface area contributed by atoms with Crippen LogP contribution in [0.2, 0.25) is 0 Å². The molecule has 1 aliphatic rings. The molecule has 1 saturated heterocycles. The van der Waals surface area contributed by atoms with Crippen LogP contribution < -0.4 is 10.1 Å². The molecule has 33 heavy (non-hydrogen) atoms. The predicted octanol–water partition coefficient (Wildman–Crippen LogP) is 4.09. The van der Waals surface area contributed by atoms with Gasteiger partial charge in [-0.3, -0.25) is 4.40 Å². The molecule has 2 atom stereocenters. The SMILES string of the molecule is F[C@@H]1CNCC[C@H]1Oc1cccc2ccc(-c3cnc4cc(-c5cncnc5)ccn34)nc12. The summed E-state index contributed by atoms with van der Waals surface area (Å²) < 4.78 is 22.4. The highest BCUT2D eigenvalue weighted by atomic mass is 19.1. The molecule has 0 amide bonds. The summed E-state index contributed by atoms with van der Waals surface area (Å²) in [6.07, 6.45) is 7.95. The molecule has 8 heteroatoms. The van der Waals surface area contributed by atoms with Gasteiger partial charge in [-0.1, -0.05) is 18.2 Å². The smallest absolute Gasteiger partial charge is 0.149 e. The van der Waals surface area contributed by atoms with Gasteiger partial charge in [-0.25, -0.2) is 24.3 Å². The van der Waals surface area contributed by atoms with E-state index in [-0.39, 0.29) is 0 Å². The molecule has 5 heterocycles. The number of hydrogen-bond donors (Lipinski definition) is 1. The monoisotopic (exact) mass is 440 g/mol. The normalized spacial score (nSPS) is 18.6. The van der Waals surface area contributed by atoms with Crippen molar-refractivity contribution >= 4 is 16.6 Å². The van der Waals surface area contributed by atoms with Gasteiger partial charge in [0.25, 0.3) is 0 Å². The van der Waals surface area contributed by atoms with Gasteiger partial charge in [0, 0.05) is 36.1 Å². The van der Waals surface area contributed by atoms with Crippen molar-refractivity contribution in [3.05, 3.63) is 73.6 Å². The van der Waals surface area contributed by atoms with Crippen molar-refractivity contribution in [2.45, 2.75) is 18.7 Å². The molecule has 1 fully saturated rings. The summed E-state index contributed by atoms with van der Waals surface area (Å²) in [4.78, 5) is 17.7. The molecule has 0 spiro atoms. The third-order valence-electron chi connectivity index (χ3n) is 5.98. The molecule has 1 aromatic carbocycles. The zero-order valence-electron chi connectivity index (χ0n) is 17.7. The van der Waals surface area contributed by atoms with Crippen LogP contribution in [0.25, 0.3) is 39.1 Å². The quantitative estimate of drug-likeness (QED) is 0.454. The number of nitrogens with one attached hydrogen (secondary N) is 1. The van der Waals surface area contributed by atoms with Gasteiger partial charge in [0.1, 0.15) is 35.5 Å². The largest absolute Gasteiger partial charge is 0.485 e. The minimum absolute atomic E-state index is 0.313. The minimum atomic E-state index is -1.04. The molecule has 5 aromatic rings. The van der Waals surface area contributed by atoms with Gasteiger partial charge >= 0.3 is 0 Å². The number of halogens is 1. The van der Waals surface area contributed by atoms with Crippen molar-refractivity contribution < 1.29 is 9.13 Å². The summed E-state index contributed by atoms with van der Waals surface area (Å²) in [7, 11) is 0. The molecule has 6 rings (SSSR count). The van der Waals surface area contributed by atoms with Crippen molar-refractivity contribution in [3.8, 4) is 28.3 Å². The van der Waals surface area contributed by atoms with E-state index in [2.05, 4.69) is 20.3 Å². The molecule has 0 saturated carbocycles. The summed E-state index contributed by atoms with van der Waals surface area (Å²) in [5.41, 5.74) is 5.07. The Hall–Kier alpha value is -3.91. The highest BCUT2D eigenvalue weighted by molar-refractivity contribution is 5.86. The number of ether oxygens (including phenoxy) is 1. The van der Waals surface area contributed by atoms with E-state index < -0.39 is 12.3 Å². The Labute approximate surface area is 189 Å². The number of pyridine rings is 2. The number of imidazole rings is 1. The standard InChI is InChI=1S/C25H21FN6O/c26-19-13-27-8-6-22(19)33-23-3-1-2-16-4-5-20(31-25(16)23)21-14-30-24-10-17(7-9-32(21)24)18-11-28-15-29-12-18/h1-5,7,9-12,14-15,19,22,27H,6,8,13H2/t19-,22-/m1/s1. The van der Waals surface area contributed by atoms with Crippen molar-refractivity contribution in [3.63, 3.8) is 0 Å². The van der Waals surface area contributed by atoms with Crippen LogP contribution in [-0.2, 0) is 0 Å². The molecule has 0 aliphatic carbocycles. The predicted molar refractivity (Wildman–Crippen MR) is 124 cm³/mol. The molecular formula is C25H21FN6O. The van der Waals surface area contributed by atoms with Crippen molar-refractivity contribution in [1.29, 1.82) is 0 Å². The first-order valence-electron chi connectivity index (χ1n) is 10.9. The Morgan fingerprint density at radius 3 is 2.82 bits per heavy atom. The van der Waals surface area contributed by atoms with Crippen LogP contribution in [0.3, 0.4) is 0 Å². The van der Waals surface area contributed by atoms with Gasteiger partial charge in [0.15, 0.2) is 0 Å². The Kier molecular flexibility index (Phi) is 4.92. The van der Waals surface area contributed by atoms with Crippen molar-refractivity contribution in [2.24, 2.45) is 0 Å².